The molecule has 3 aromatic carbocycles. The number of carbonyl (C=O) groups excluding carboxylic acids is 2. The van der Waals surface area contributed by atoms with E-state index in [0.717, 1.165) is 33.5 Å². The second-order valence-electron chi connectivity index (χ2n) is 11.1. The largest absolute Gasteiger partial charge is 0.352 e. The van der Waals surface area contributed by atoms with Crippen molar-refractivity contribution >= 4 is 29.3 Å². The van der Waals surface area contributed by atoms with E-state index in [4.69, 9.17) is 0 Å². The summed E-state index contributed by atoms with van der Waals surface area (Å²) in [5.41, 5.74) is 4.29. The lowest BCUT2D eigenvalue weighted by atomic mass is 9.98. The standard InChI is InChI=1S/C32H37N3O2S/c1-22-8-10-25(11-9-22)21-35-28-18-26(12-13-30(28)38-29-7-5-4-6-27(29)32(35)37)31(36)33-19-24(3)20-34-16-14-23(2)15-17-34/h4-13,18,23-24H,14-17,19-21H2,1-3H3,(H,33,36)/p+1. The highest BCUT2D eigenvalue weighted by atomic mass is 32.2. The lowest BCUT2D eigenvalue weighted by molar-refractivity contribution is -0.909. The van der Waals surface area contributed by atoms with E-state index in [0.29, 0.717) is 30.1 Å². The number of rotatable bonds is 7. The molecule has 0 radical (unpaired) electrons. The summed E-state index contributed by atoms with van der Waals surface area (Å²) >= 11 is 1.59. The van der Waals surface area contributed by atoms with Gasteiger partial charge in [-0.1, -0.05) is 67.6 Å². The average molecular weight is 529 g/mol. The summed E-state index contributed by atoms with van der Waals surface area (Å²) in [5, 5.41) is 3.16. The normalized spacial score (nSPS) is 19.8. The van der Waals surface area contributed by atoms with Crippen LogP contribution >= 0.6 is 11.8 Å². The number of likely N-dealkylation sites (tertiary alicyclic amines) is 1. The van der Waals surface area contributed by atoms with Crippen LogP contribution in [0.3, 0.4) is 0 Å². The minimum Gasteiger partial charge on any atom is -0.352 e. The zero-order chi connectivity index (χ0) is 26.6. The summed E-state index contributed by atoms with van der Waals surface area (Å²) < 4.78 is 0. The van der Waals surface area contributed by atoms with Crippen molar-refractivity contribution < 1.29 is 14.5 Å². The predicted octanol–water partition coefficient (Wildman–Crippen LogP) is 4.99. The SMILES string of the molecule is Cc1ccc(CN2C(=O)c3ccccc3Sc3ccc(C(=O)NCC(C)C[NH+]4CCC(C)CC4)cc32)cc1. The number of piperidine rings is 1. The Labute approximate surface area is 230 Å². The van der Waals surface area contributed by atoms with Crippen LogP contribution in [0.5, 0.6) is 0 Å². The van der Waals surface area contributed by atoms with Crippen molar-refractivity contribution in [1.82, 2.24) is 5.32 Å². The summed E-state index contributed by atoms with van der Waals surface area (Å²) in [7, 11) is 0. The van der Waals surface area contributed by atoms with E-state index in [1.807, 2.05) is 47.4 Å². The minimum atomic E-state index is -0.0867. The molecule has 0 saturated carbocycles. The molecule has 2 amide bonds. The van der Waals surface area contributed by atoms with Gasteiger partial charge in [-0.3, -0.25) is 9.59 Å². The molecule has 1 unspecified atom stereocenters. The number of benzene rings is 3. The second-order valence-corrected chi connectivity index (χ2v) is 12.2. The van der Waals surface area contributed by atoms with Crippen LogP contribution in [-0.2, 0) is 6.54 Å². The predicted molar refractivity (Wildman–Crippen MR) is 154 cm³/mol. The van der Waals surface area contributed by atoms with E-state index < -0.39 is 0 Å². The quantitative estimate of drug-likeness (QED) is 0.455. The number of aryl methyl sites for hydroxylation is 1. The molecule has 2 N–H and O–H groups in total. The minimum absolute atomic E-state index is 0.0440. The first kappa shape index (κ1) is 26.5. The van der Waals surface area contributed by atoms with Gasteiger partial charge in [-0.25, -0.2) is 0 Å². The van der Waals surface area contributed by atoms with Gasteiger partial charge in [-0.2, -0.15) is 0 Å². The van der Waals surface area contributed by atoms with E-state index in [1.165, 1.54) is 31.5 Å². The lowest BCUT2D eigenvalue weighted by Gasteiger charge is -2.29. The van der Waals surface area contributed by atoms with Crippen molar-refractivity contribution in [2.75, 3.05) is 31.1 Å². The summed E-state index contributed by atoms with van der Waals surface area (Å²) in [4.78, 5) is 32.4. The molecule has 0 spiro atoms. The van der Waals surface area contributed by atoms with Gasteiger partial charge in [-0.05, 0) is 61.6 Å². The number of nitrogens with zero attached hydrogens (tertiary/aromatic N) is 1. The van der Waals surface area contributed by atoms with Gasteiger partial charge in [0.25, 0.3) is 11.8 Å². The molecule has 1 saturated heterocycles. The van der Waals surface area contributed by atoms with Crippen molar-refractivity contribution in [2.45, 2.75) is 49.9 Å². The first-order chi connectivity index (χ1) is 18.4. The first-order valence-electron chi connectivity index (χ1n) is 13.8. The first-order valence-corrected chi connectivity index (χ1v) is 14.6. The zero-order valence-electron chi connectivity index (χ0n) is 22.6. The average Bonchev–Trinajstić information content (AvgIpc) is 3.04. The highest BCUT2D eigenvalue weighted by Gasteiger charge is 2.28. The Kier molecular flexibility index (Phi) is 8.20. The van der Waals surface area contributed by atoms with Crippen LogP contribution in [0.25, 0.3) is 0 Å². The second kappa shape index (κ2) is 11.7. The molecule has 1 atom stereocenters. The number of nitrogens with one attached hydrogen (secondary N) is 2. The van der Waals surface area contributed by atoms with Crippen molar-refractivity contribution in [3.63, 3.8) is 0 Å². The fourth-order valence-corrected chi connectivity index (χ4v) is 6.46. The number of hydrogen-bond donors (Lipinski definition) is 2. The third kappa shape index (κ3) is 6.13. The molecule has 0 bridgehead atoms. The molecule has 0 aliphatic carbocycles. The van der Waals surface area contributed by atoms with E-state index in [-0.39, 0.29) is 11.8 Å². The summed E-state index contributed by atoms with van der Waals surface area (Å²) in [6.07, 6.45) is 2.59. The van der Waals surface area contributed by atoms with Crippen molar-refractivity contribution in [3.05, 3.63) is 89.0 Å². The smallest absolute Gasteiger partial charge is 0.259 e. The van der Waals surface area contributed by atoms with Crippen LogP contribution < -0.4 is 15.1 Å². The fraction of sp³-hybridized carbons (Fsp3) is 0.375. The van der Waals surface area contributed by atoms with Gasteiger partial charge >= 0.3 is 0 Å². The van der Waals surface area contributed by atoms with Crippen LogP contribution in [0, 0.1) is 18.8 Å². The fourth-order valence-electron chi connectivity index (χ4n) is 5.40. The third-order valence-electron chi connectivity index (χ3n) is 7.79. The van der Waals surface area contributed by atoms with Crippen molar-refractivity contribution in [3.8, 4) is 0 Å². The van der Waals surface area contributed by atoms with E-state index >= 15 is 0 Å². The highest BCUT2D eigenvalue weighted by molar-refractivity contribution is 7.99. The number of fused-ring (bicyclic) bond motifs is 2. The Morgan fingerprint density at radius 3 is 2.55 bits per heavy atom. The Morgan fingerprint density at radius 2 is 1.79 bits per heavy atom. The van der Waals surface area contributed by atoms with Gasteiger partial charge in [0.2, 0.25) is 0 Å². The Balaban J connectivity index is 1.35. The molecule has 38 heavy (non-hydrogen) atoms. The van der Waals surface area contributed by atoms with E-state index in [9.17, 15) is 9.59 Å². The van der Waals surface area contributed by atoms with Gasteiger partial charge in [-0.15, -0.1) is 0 Å². The third-order valence-corrected chi connectivity index (χ3v) is 8.93. The van der Waals surface area contributed by atoms with Crippen molar-refractivity contribution in [2.24, 2.45) is 11.8 Å². The molecule has 0 aromatic heterocycles. The maximum Gasteiger partial charge on any atom is 0.259 e. The molecule has 3 aromatic rings. The van der Waals surface area contributed by atoms with Gasteiger partial charge in [0.15, 0.2) is 0 Å². The maximum atomic E-state index is 13.8. The van der Waals surface area contributed by atoms with Crippen LogP contribution in [0.2, 0.25) is 0 Å². The molecule has 5 nitrogen and oxygen atoms in total. The zero-order valence-corrected chi connectivity index (χ0v) is 23.4. The number of amides is 2. The van der Waals surface area contributed by atoms with Crippen LogP contribution in [0.1, 0.15) is 58.5 Å². The summed E-state index contributed by atoms with van der Waals surface area (Å²) in [5.74, 6) is 1.12. The molecule has 6 heteroatoms. The molecule has 5 rings (SSSR count). The topological polar surface area (TPSA) is 53.9 Å². The molecule has 198 valence electrons. The summed E-state index contributed by atoms with van der Waals surface area (Å²) in [6.45, 7) is 11.3. The number of anilines is 1. The lowest BCUT2D eigenvalue weighted by Crippen LogP contribution is -3.13. The van der Waals surface area contributed by atoms with Crippen LogP contribution in [0.4, 0.5) is 5.69 Å². The maximum absolute atomic E-state index is 13.8. The molecule has 2 aliphatic heterocycles. The molecule has 2 heterocycles. The van der Waals surface area contributed by atoms with Gasteiger partial charge in [0, 0.05) is 27.8 Å². The Bertz CT molecular complexity index is 1300. The molecule has 2 aliphatic rings. The van der Waals surface area contributed by atoms with E-state index in [1.54, 1.807) is 16.7 Å². The molecular formula is C32H38N3O2S+. The number of quaternary nitrogens is 1. The number of carbonyl (C=O) groups is 2. The van der Waals surface area contributed by atoms with Crippen LogP contribution in [-0.4, -0.2) is 38.0 Å². The Morgan fingerprint density at radius 1 is 1.05 bits per heavy atom. The van der Waals surface area contributed by atoms with Gasteiger partial charge < -0.3 is 15.1 Å². The molecule has 1 fully saturated rings. The monoisotopic (exact) mass is 528 g/mol. The van der Waals surface area contributed by atoms with Crippen molar-refractivity contribution in [1.29, 1.82) is 0 Å². The number of hydrogen-bond acceptors (Lipinski definition) is 3. The molecular weight excluding hydrogens is 490 g/mol. The highest BCUT2D eigenvalue weighted by Crippen LogP contribution is 2.42. The van der Waals surface area contributed by atoms with Gasteiger partial charge in [0.1, 0.15) is 0 Å². The summed E-state index contributed by atoms with van der Waals surface area (Å²) in [6, 6.07) is 21.8. The van der Waals surface area contributed by atoms with E-state index in [2.05, 4.69) is 50.4 Å². The Hall–Kier alpha value is -3.09. The van der Waals surface area contributed by atoms with Gasteiger partial charge in [0.05, 0.1) is 37.4 Å². The van der Waals surface area contributed by atoms with Crippen LogP contribution in [0.15, 0.2) is 76.5 Å².